The van der Waals surface area contributed by atoms with E-state index in [9.17, 15) is 29.5 Å². The van der Waals surface area contributed by atoms with E-state index in [1.807, 2.05) is 18.2 Å². The summed E-state index contributed by atoms with van der Waals surface area (Å²) in [6.07, 6.45) is 35.5. The molecule has 12 heteroatoms. The Morgan fingerprint density at radius 2 is 1.33 bits per heavy atom. The van der Waals surface area contributed by atoms with Crippen LogP contribution in [0.1, 0.15) is 136 Å². The average Bonchev–Trinajstić information content (AvgIpc) is 3.41. The number of hydrogen-bond donors (Lipinski definition) is 5. The molecule has 11 nitrogen and oxygen atoms in total. The standard InChI is InChI=1S/C43H71O11P/c1-3-5-7-8-9-10-11-12-13-14-15-16-17-18-19-20-25-29-42(47)52-34-37(35-53-55(49,50)51)54-43(48)30-26-22-21-24-28-38-39(41(46)33-40(38)45)32-31-36(44)27-23-6-4-2/h5,7,9-10,12-13,15-16,18-19,31-32,36-41,44-46H,3-4,6,8,11,14,17,20-30,33-35H2,1-2H3,(H2,49,50,51)/b7-5-,10-9-,13-12-,16-15-,19-18-,32-31+/t36-,37+,38+,39+,40-,41+/m0/s1. The molecule has 0 aromatic carbocycles. The number of aliphatic hydroxyl groups excluding tert-OH is 3. The van der Waals surface area contributed by atoms with Crippen LogP contribution in [-0.2, 0) is 28.2 Å². The van der Waals surface area contributed by atoms with Crippen LogP contribution in [0.2, 0.25) is 0 Å². The maximum atomic E-state index is 12.5. The van der Waals surface area contributed by atoms with Crippen molar-refractivity contribution in [2.24, 2.45) is 11.8 Å². The van der Waals surface area contributed by atoms with E-state index in [1.54, 1.807) is 6.08 Å². The van der Waals surface area contributed by atoms with Crippen LogP contribution in [-0.4, -0.2) is 74.7 Å². The predicted molar refractivity (Wildman–Crippen MR) is 218 cm³/mol. The van der Waals surface area contributed by atoms with E-state index < -0.39 is 50.8 Å². The minimum Gasteiger partial charge on any atom is -0.462 e. The minimum absolute atomic E-state index is 0.0691. The highest BCUT2D eigenvalue weighted by Gasteiger charge is 2.39. The smallest absolute Gasteiger partial charge is 0.462 e. The summed E-state index contributed by atoms with van der Waals surface area (Å²) >= 11 is 0. The van der Waals surface area contributed by atoms with Gasteiger partial charge >= 0.3 is 19.8 Å². The molecule has 0 saturated heterocycles. The zero-order chi connectivity index (χ0) is 40.6. The molecule has 0 amide bonds. The maximum Gasteiger partial charge on any atom is 0.469 e. The normalized spacial score (nSPS) is 20.6. The third-order valence-electron chi connectivity index (χ3n) is 9.31. The number of aliphatic hydroxyl groups is 3. The molecule has 0 aromatic heterocycles. The van der Waals surface area contributed by atoms with Crippen molar-refractivity contribution < 1.29 is 53.3 Å². The fourth-order valence-corrected chi connectivity index (χ4v) is 6.63. The molecule has 1 rings (SSSR count). The summed E-state index contributed by atoms with van der Waals surface area (Å²) in [6, 6.07) is 0. The van der Waals surface area contributed by atoms with Crippen LogP contribution in [0.4, 0.5) is 0 Å². The van der Waals surface area contributed by atoms with E-state index >= 15 is 0 Å². The van der Waals surface area contributed by atoms with E-state index in [0.717, 1.165) is 64.2 Å². The number of phosphoric ester groups is 1. The number of unbranched alkanes of at least 4 members (excludes halogenated alkanes) is 6. The first-order chi connectivity index (χ1) is 26.5. The Hall–Kier alpha value is -2.63. The summed E-state index contributed by atoms with van der Waals surface area (Å²) in [5.41, 5.74) is 0. The number of carbonyl (C=O) groups is 2. The van der Waals surface area contributed by atoms with Gasteiger partial charge in [0, 0.05) is 25.2 Å². The van der Waals surface area contributed by atoms with E-state index in [4.69, 9.17) is 19.3 Å². The molecule has 1 aliphatic carbocycles. The molecule has 314 valence electrons. The minimum atomic E-state index is -4.83. The van der Waals surface area contributed by atoms with E-state index in [2.05, 4.69) is 67.0 Å². The van der Waals surface area contributed by atoms with Crippen LogP contribution in [0.3, 0.4) is 0 Å². The SMILES string of the molecule is CC/C=C\C/C=C\C/C=C\C/C=C\C/C=C\CCCC(=O)OC[C@H](COP(=O)(O)O)OC(=O)CCCCCC[C@@H]1[C@@H](/C=C/[C@@H](O)CCCCC)[C@H](O)C[C@@H]1O. The molecular weight excluding hydrogens is 723 g/mol. The van der Waals surface area contributed by atoms with Crippen molar-refractivity contribution in [1.29, 1.82) is 0 Å². The van der Waals surface area contributed by atoms with Crippen LogP contribution in [0.5, 0.6) is 0 Å². The third-order valence-corrected chi connectivity index (χ3v) is 9.79. The van der Waals surface area contributed by atoms with Gasteiger partial charge in [0.25, 0.3) is 0 Å². The van der Waals surface area contributed by atoms with Gasteiger partial charge in [-0.1, -0.05) is 125 Å². The van der Waals surface area contributed by atoms with Crippen LogP contribution in [0.15, 0.2) is 72.9 Å². The van der Waals surface area contributed by atoms with Crippen molar-refractivity contribution in [2.75, 3.05) is 13.2 Å². The largest absolute Gasteiger partial charge is 0.469 e. The second-order valence-corrected chi connectivity index (χ2v) is 15.4. The highest BCUT2D eigenvalue weighted by atomic mass is 31.2. The molecule has 1 saturated carbocycles. The van der Waals surface area contributed by atoms with Crippen LogP contribution in [0, 0.1) is 11.8 Å². The van der Waals surface area contributed by atoms with Crippen molar-refractivity contribution in [3.05, 3.63) is 72.9 Å². The second kappa shape index (κ2) is 32.5. The first-order valence-electron chi connectivity index (χ1n) is 20.5. The molecule has 1 fully saturated rings. The molecule has 55 heavy (non-hydrogen) atoms. The third kappa shape index (κ3) is 28.4. The number of rotatable bonds is 32. The summed E-state index contributed by atoms with van der Waals surface area (Å²) in [4.78, 5) is 43.0. The van der Waals surface area contributed by atoms with Crippen molar-refractivity contribution in [3.8, 4) is 0 Å². The number of allylic oxidation sites excluding steroid dienone is 10. The number of ether oxygens (including phenoxy) is 2. The van der Waals surface area contributed by atoms with Crippen molar-refractivity contribution >= 4 is 19.8 Å². The quantitative estimate of drug-likeness (QED) is 0.0190. The lowest BCUT2D eigenvalue weighted by Crippen LogP contribution is -2.29. The van der Waals surface area contributed by atoms with E-state index in [1.165, 1.54) is 0 Å². The van der Waals surface area contributed by atoms with Gasteiger partial charge in [-0.15, -0.1) is 0 Å². The van der Waals surface area contributed by atoms with Crippen LogP contribution >= 0.6 is 7.82 Å². The topological polar surface area (TPSA) is 180 Å². The second-order valence-electron chi connectivity index (χ2n) is 14.2. The number of carbonyl (C=O) groups excluding carboxylic acids is 2. The summed E-state index contributed by atoms with van der Waals surface area (Å²) < 4.78 is 26.3. The molecule has 0 spiro atoms. The van der Waals surface area contributed by atoms with Gasteiger partial charge in [0.05, 0.1) is 24.9 Å². The predicted octanol–water partition coefficient (Wildman–Crippen LogP) is 8.67. The Morgan fingerprint density at radius 3 is 1.95 bits per heavy atom. The van der Waals surface area contributed by atoms with E-state index in [0.29, 0.717) is 44.9 Å². The van der Waals surface area contributed by atoms with Crippen molar-refractivity contribution in [2.45, 2.75) is 160 Å². The van der Waals surface area contributed by atoms with Gasteiger partial charge in [-0.25, -0.2) is 4.57 Å². The highest BCUT2D eigenvalue weighted by Crippen LogP contribution is 2.38. The van der Waals surface area contributed by atoms with Gasteiger partial charge < -0.3 is 34.6 Å². The molecule has 0 heterocycles. The monoisotopic (exact) mass is 794 g/mol. The summed E-state index contributed by atoms with van der Waals surface area (Å²) in [7, 11) is -4.83. The first kappa shape index (κ1) is 50.4. The Bertz CT molecular complexity index is 1230. The first-order valence-corrected chi connectivity index (χ1v) is 22.0. The van der Waals surface area contributed by atoms with Crippen molar-refractivity contribution in [1.82, 2.24) is 0 Å². The lowest BCUT2D eigenvalue weighted by Gasteiger charge is -2.21. The van der Waals surface area contributed by atoms with Gasteiger partial charge in [0.2, 0.25) is 0 Å². The van der Waals surface area contributed by atoms with Gasteiger partial charge in [-0.05, 0) is 70.1 Å². The molecule has 0 radical (unpaired) electrons. The summed E-state index contributed by atoms with van der Waals surface area (Å²) in [6.45, 7) is 3.23. The zero-order valence-electron chi connectivity index (χ0n) is 33.4. The fourth-order valence-electron chi connectivity index (χ4n) is 6.27. The number of esters is 2. The summed E-state index contributed by atoms with van der Waals surface area (Å²) in [5.74, 6) is -1.41. The molecule has 0 aromatic rings. The number of hydrogen-bond acceptors (Lipinski definition) is 9. The van der Waals surface area contributed by atoms with Crippen LogP contribution < -0.4 is 0 Å². The Labute approximate surface area is 330 Å². The molecule has 0 aliphatic heterocycles. The molecule has 5 N–H and O–H groups in total. The molecule has 1 aliphatic rings. The van der Waals surface area contributed by atoms with Gasteiger partial charge in [0.15, 0.2) is 6.10 Å². The lowest BCUT2D eigenvalue weighted by atomic mass is 9.88. The summed E-state index contributed by atoms with van der Waals surface area (Å²) in [5, 5.41) is 31.2. The molecule has 0 bridgehead atoms. The van der Waals surface area contributed by atoms with Crippen molar-refractivity contribution in [3.63, 3.8) is 0 Å². The van der Waals surface area contributed by atoms with E-state index in [-0.39, 0.29) is 31.3 Å². The molecule has 0 unspecified atom stereocenters. The van der Waals surface area contributed by atoms with Gasteiger partial charge in [-0.3, -0.25) is 14.1 Å². The van der Waals surface area contributed by atoms with Gasteiger partial charge in [-0.2, -0.15) is 0 Å². The fraction of sp³-hybridized carbons (Fsp3) is 0.674. The average molecular weight is 795 g/mol. The van der Waals surface area contributed by atoms with Crippen LogP contribution in [0.25, 0.3) is 0 Å². The highest BCUT2D eigenvalue weighted by molar-refractivity contribution is 7.46. The Kier molecular flexibility index (Phi) is 29.7. The molecule has 6 atom stereocenters. The lowest BCUT2D eigenvalue weighted by molar-refractivity contribution is -0.161. The maximum absolute atomic E-state index is 12.5. The van der Waals surface area contributed by atoms with Gasteiger partial charge in [0.1, 0.15) is 6.61 Å². The Balaban J connectivity index is 2.32. The molecular formula is C43H71O11P. The Morgan fingerprint density at radius 1 is 0.727 bits per heavy atom. The zero-order valence-corrected chi connectivity index (χ0v) is 34.3. The number of phosphoric acid groups is 1.